The SMILES string of the molecule is Cc1nn2c3c(nc2s1)CCN(C(=O)COc1ccc(N2CCOCC2)nc1F)C3c1ncc(C2CC2)cc1F. The van der Waals surface area contributed by atoms with E-state index in [2.05, 4.69) is 15.1 Å². The smallest absolute Gasteiger partial charge is 0.261 e. The lowest BCUT2D eigenvalue weighted by Crippen LogP contribution is -2.44. The van der Waals surface area contributed by atoms with Gasteiger partial charge in [-0.2, -0.15) is 14.5 Å². The molecule has 6 heterocycles. The van der Waals surface area contributed by atoms with Gasteiger partial charge in [-0.05, 0) is 49.4 Å². The molecule has 0 radical (unpaired) electrons. The second-order valence-electron chi connectivity index (χ2n) is 10.3. The van der Waals surface area contributed by atoms with Gasteiger partial charge in [-0.15, -0.1) is 0 Å². The number of nitrogens with zero attached hydrogens (tertiary/aromatic N) is 7. The van der Waals surface area contributed by atoms with Crippen molar-refractivity contribution in [2.75, 3.05) is 44.4 Å². The highest BCUT2D eigenvalue weighted by Gasteiger charge is 2.39. The van der Waals surface area contributed by atoms with Gasteiger partial charge in [-0.3, -0.25) is 9.78 Å². The number of fused-ring (bicyclic) bond motifs is 3. The molecular formula is C27H27F2N7O3S. The summed E-state index contributed by atoms with van der Waals surface area (Å²) in [4.78, 5) is 31.0. The summed E-state index contributed by atoms with van der Waals surface area (Å²) in [6.07, 6.45) is 4.22. The van der Waals surface area contributed by atoms with Gasteiger partial charge < -0.3 is 19.3 Å². The number of hydrogen-bond acceptors (Lipinski definition) is 9. The summed E-state index contributed by atoms with van der Waals surface area (Å²) < 4.78 is 43.1. The molecule has 40 heavy (non-hydrogen) atoms. The number of aromatic nitrogens is 5. The summed E-state index contributed by atoms with van der Waals surface area (Å²) in [6.45, 7) is 4.06. The van der Waals surface area contributed by atoms with Gasteiger partial charge in [-0.1, -0.05) is 11.3 Å². The Morgan fingerprint density at radius 3 is 2.75 bits per heavy atom. The number of carbonyl (C=O) groups is 1. The van der Waals surface area contributed by atoms with Crippen LogP contribution in [0, 0.1) is 18.7 Å². The van der Waals surface area contributed by atoms with Crippen LogP contribution in [0.2, 0.25) is 0 Å². The van der Waals surface area contributed by atoms with Crippen LogP contribution in [-0.4, -0.2) is 74.8 Å². The Bertz CT molecular complexity index is 1600. The lowest BCUT2D eigenvalue weighted by Gasteiger charge is -2.35. The number of ether oxygens (including phenoxy) is 2. The van der Waals surface area contributed by atoms with Gasteiger partial charge in [0.15, 0.2) is 12.4 Å². The molecule has 0 spiro atoms. The minimum absolute atomic E-state index is 0.125. The molecule has 3 aliphatic rings. The van der Waals surface area contributed by atoms with Crippen LogP contribution in [0.4, 0.5) is 14.6 Å². The third-order valence-corrected chi connectivity index (χ3v) is 8.40. The molecule has 2 fully saturated rings. The van der Waals surface area contributed by atoms with E-state index in [1.54, 1.807) is 16.8 Å². The molecule has 7 rings (SSSR count). The average molecular weight is 568 g/mol. The fourth-order valence-electron chi connectivity index (χ4n) is 5.42. The van der Waals surface area contributed by atoms with Gasteiger partial charge in [0.1, 0.15) is 28.4 Å². The van der Waals surface area contributed by atoms with E-state index < -0.39 is 30.3 Å². The Balaban J connectivity index is 1.17. The number of halogens is 2. The fourth-order valence-corrected chi connectivity index (χ4v) is 6.19. The molecule has 208 valence electrons. The number of hydrogen-bond donors (Lipinski definition) is 0. The Labute approximate surface area is 232 Å². The van der Waals surface area contributed by atoms with Gasteiger partial charge >= 0.3 is 0 Å². The lowest BCUT2D eigenvalue weighted by atomic mass is 9.98. The first-order valence-electron chi connectivity index (χ1n) is 13.4. The van der Waals surface area contributed by atoms with Gasteiger partial charge in [0, 0.05) is 32.3 Å². The van der Waals surface area contributed by atoms with E-state index in [1.807, 2.05) is 11.8 Å². The Hall–Kier alpha value is -3.71. The second-order valence-corrected chi connectivity index (χ2v) is 11.4. The van der Waals surface area contributed by atoms with E-state index in [-0.39, 0.29) is 18.0 Å². The fraction of sp³-hybridized carbons (Fsp3) is 0.444. The van der Waals surface area contributed by atoms with Crippen molar-refractivity contribution in [3.05, 3.63) is 63.8 Å². The third-order valence-electron chi connectivity index (χ3n) is 7.58. The first-order valence-corrected chi connectivity index (χ1v) is 14.2. The largest absolute Gasteiger partial charge is 0.479 e. The van der Waals surface area contributed by atoms with Crippen LogP contribution in [0.3, 0.4) is 0 Å². The zero-order chi connectivity index (χ0) is 27.4. The van der Waals surface area contributed by atoms with E-state index in [0.29, 0.717) is 55.1 Å². The number of carbonyl (C=O) groups excluding carboxylic acids is 1. The van der Waals surface area contributed by atoms with Crippen molar-refractivity contribution >= 4 is 28.0 Å². The van der Waals surface area contributed by atoms with Crippen LogP contribution in [-0.2, 0) is 16.0 Å². The maximum absolute atomic E-state index is 15.6. The lowest BCUT2D eigenvalue weighted by molar-refractivity contribution is -0.135. The maximum atomic E-state index is 15.6. The molecule has 1 saturated carbocycles. The quantitative estimate of drug-likeness (QED) is 0.327. The van der Waals surface area contributed by atoms with Crippen molar-refractivity contribution in [3.63, 3.8) is 0 Å². The molecule has 0 aromatic carbocycles. The first-order chi connectivity index (χ1) is 19.5. The number of rotatable bonds is 6. The van der Waals surface area contributed by atoms with Crippen LogP contribution in [0.1, 0.15) is 52.5 Å². The molecule has 4 aromatic heterocycles. The Kier molecular flexibility index (Phi) is 6.34. The van der Waals surface area contributed by atoms with Gasteiger partial charge in [0.2, 0.25) is 4.96 Å². The number of morpholine rings is 1. The molecule has 2 aliphatic heterocycles. The summed E-state index contributed by atoms with van der Waals surface area (Å²) in [5.41, 5.74) is 2.38. The Morgan fingerprint density at radius 2 is 2.00 bits per heavy atom. The average Bonchev–Trinajstić information content (AvgIpc) is 3.67. The van der Waals surface area contributed by atoms with E-state index in [0.717, 1.165) is 29.1 Å². The zero-order valence-electron chi connectivity index (χ0n) is 21.8. The summed E-state index contributed by atoms with van der Waals surface area (Å²) >= 11 is 1.43. The van der Waals surface area contributed by atoms with E-state index in [1.165, 1.54) is 28.4 Å². The Morgan fingerprint density at radius 1 is 1.18 bits per heavy atom. The maximum Gasteiger partial charge on any atom is 0.261 e. The molecule has 1 saturated heterocycles. The highest BCUT2D eigenvalue weighted by Crippen LogP contribution is 2.42. The third kappa shape index (κ3) is 4.56. The van der Waals surface area contributed by atoms with Crippen LogP contribution < -0.4 is 9.64 Å². The molecule has 4 aromatic rings. The van der Waals surface area contributed by atoms with Crippen LogP contribution in [0.15, 0.2) is 24.4 Å². The predicted octanol–water partition coefficient (Wildman–Crippen LogP) is 3.43. The van der Waals surface area contributed by atoms with E-state index >= 15 is 4.39 Å². The van der Waals surface area contributed by atoms with Crippen molar-refractivity contribution < 1.29 is 23.0 Å². The van der Waals surface area contributed by atoms with E-state index in [9.17, 15) is 9.18 Å². The van der Waals surface area contributed by atoms with Crippen molar-refractivity contribution in [3.8, 4) is 5.75 Å². The normalized spacial score (nSPS) is 19.2. The molecule has 10 nitrogen and oxygen atoms in total. The summed E-state index contributed by atoms with van der Waals surface area (Å²) in [6, 6.07) is 3.81. The van der Waals surface area contributed by atoms with Crippen molar-refractivity contribution in [1.82, 2.24) is 29.5 Å². The number of anilines is 1. The minimum atomic E-state index is -0.851. The molecular weight excluding hydrogens is 540 g/mol. The number of aryl methyl sites for hydroxylation is 1. The summed E-state index contributed by atoms with van der Waals surface area (Å²) in [5.74, 6) is -1.00. The topological polar surface area (TPSA) is 98.0 Å². The molecule has 1 atom stereocenters. The second kappa shape index (κ2) is 10.0. The molecule has 1 unspecified atom stereocenters. The van der Waals surface area contributed by atoms with Crippen molar-refractivity contribution in [2.24, 2.45) is 0 Å². The summed E-state index contributed by atoms with van der Waals surface area (Å²) in [5, 5.41) is 5.38. The predicted molar refractivity (Wildman–Crippen MR) is 142 cm³/mol. The molecule has 1 aliphatic carbocycles. The van der Waals surface area contributed by atoms with Crippen LogP contribution >= 0.6 is 11.3 Å². The molecule has 0 N–H and O–H groups in total. The number of pyridine rings is 2. The van der Waals surface area contributed by atoms with Crippen molar-refractivity contribution in [2.45, 2.75) is 38.1 Å². The standard InChI is InChI=1S/C27H27F2N7O3S/c1-15-33-36-24-19(31-27(36)40-15)6-7-35(25(24)23-18(28)12-17(13-30-23)16-2-3-16)22(37)14-39-20-4-5-21(32-26(20)29)34-8-10-38-11-9-34/h4-5,12-13,16,25H,2-3,6-11,14H2,1H3. The van der Waals surface area contributed by atoms with Gasteiger partial charge in [0.25, 0.3) is 11.9 Å². The van der Waals surface area contributed by atoms with Crippen molar-refractivity contribution in [1.29, 1.82) is 0 Å². The highest BCUT2D eigenvalue weighted by molar-refractivity contribution is 7.16. The first kappa shape index (κ1) is 25.3. The molecule has 0 bridgehead atoms. The van der Waals surface area contributed by atoms with Crippen LogP contribution in [0.25, 0.3) is 4.96 Å². The van der Waals surface area contributed by atoms with Gasteiger partial charge in [-0.25, -0.2) is 13.9 Å². The van der Waals surface area contributed by atoms with E-state index in [4.69, 9.17) is 14.5 Å². The number of imidazole rings is 1. The molecule has 13 heteroatoms. The number of amides is 1. The van der Waals surface area contributed by atoms with Gasteiger partial charge in [0.05, 0.1) is 24.6 Å². The minimum Gasteiger partial charge on any atom is -0.479 e. The summed E-state index contributed by atoms with van der Waals surface area (Å²) in [7, 11) is 0. The zero-order valence-corrected chi connectivity index (χ0v) is 22.7. The monoisotopic (exact) mass is 567 g/mol. The van der Waals surface area contributed by atoms with Crippen LogP contribution in [0.5, 0.6) is 5.75 Å². The highest BCUT2D eigenvalue weighted by atomic mass is 32.1. The molecule has 1 amide bonds.